The van der Waals surface area contributed by atoms with Crippen molar-refractivity contribution < 1.29 is 13.2 Å². The molecule has 0 amide bonds. The van der Waals surface area contributed by atoms with E-state index in [0.29, 0.717) is 32.6 Å². The molecule has 2 rings (SSSR count). The van der Waals surface area contributed by atoms with Crippen LogP contribution < -0.4 is 5.73 Å². The van der Waals surface area contributed by atoms with Gasteiger partial charge in [-0.15, -0.1) is 12.4 Å². The summed E-state index contributed by atoms with van der Waals surface area (Å²) in [5.41, 5.74) is 5.73. The Labute approximate surface area is 121 Å². The third-order valence-electron chi connectivity index (χ3n) is 3.91. The minimum Gasteiger partial charge on any atom is -0.381 e. The highest BCUT2D eigenvalue weighted by molar-refractivity contribution is 7.86. The van der Waals surface area contributed by atoms with Crippen LogP contribution in [0, 0.1) is 0 Å². The van der Waals surface area contributed by atoms with Crippen LogP contribution in [0.25, 0.3) is 0 Å². The van der Waals surface area contributed by atoms with E-state index in [9.17, 15) is 8.42 Å². The van der Waals surface area contributed by atoms with Crippen LogP contribution in [0.5, 0.6) is 0 Å². The quantitative estimate of drug-likeness (QED) is 0.804. The molecule has 2 saturated heterocycles. The molecule has 2 atom stereocenters. The summed E-state index contributed by atoms with van der Waals surface area (Å²) >= 11 is 0. The van der Waals surface area contributed by atoms with Crippen molar-refractivity contribution in [1.29, 1.82) is 0 Å². The summed E-state index contributed by atoms with van der Waals surface area (Å²) in [5, 5.41) is 0. The van der Waals surface area contributed by atoms with Gasteiger partial charge >= 0.3 is 0 Å². The zero-order chi connectivity index (χ0) is 13.2. The monoisotopic (exact) mass is 313 g/mol. The highest BCUT2D eigenvalue weighted by Gasteiger charge is 2.39. The molecule has 8 heteroatoms. The van der Waals surface area contributed by atoms with Crippen LogP contribution in [0.15, 0.2) is 0 Å². The summed E-state index contributed by atoms with van der Waals surface area (Å²) in [4.78, 5) is 0. The molecule has 2 aliphatic heterocycles. The summed E-state index contributed by atoms with van der Waals surface area (Å²) in [7, 11) is -1.65. The Morgan fingerprint density at radius 3 is 2.42 bits per heavy atom. The fourth-order valence-electron chi connectivity index (χ4n) is 2.79. The zero-order valence-electron chi connectivity index (χ0n) is 11.3. The lowest BCUT2D eigenvalue weighted by molar-refractivity contribution is 0.0386. The highest BCUT2D eigenvalue weighted by Crippen LogP contribution is 2.25. The Bertz CT molecular complexity index is 373. The van der Waals surface area contributed by atoms with Crippen LogP contribution in [-0.2, 0) is 14.9 Å². The fourth-order valence-corrected chi connectivity index (χ4v) is 4.69. The molecule has 2 heterocycles. The average molecular weight is 314 g/mol. The number of hydrogen-bond donors (Lipinski definition) is 1. The zero-order valence-corrected chi connectivity index (χ0v) is 13.0. The summed E-state index contributed by atoms with van der Waals surface area (Å²) in [6.07, 6.45) is 3.49. The summed E-state index contributed by atoms with van der Waals surface area (Å²) in [5.74, 6) is 0. The third kappa shape index (κ3) is 3.59. The van der Waals surface area contributed by atoms with Crippen molar-refractivity contribution in [2.45, 2.75) is 37.8 Å². The van der Waals surface area contributed by atoms with E-state index in [2.05, 4.69) is 0 Å². The van der Waals surface area contributed by atoms with Crippen LogP contribution in [0.1, 0.15) is 25.7 Å². The van der Waals surface area contributed by atoms with Crippen LogP contribution in [-0.4, -0.2) is 62.5 Å². The van der Waals surface area contributed by atoms with Gasteiger partial charge in [0.1, 0.15) is 0 Å². The van der Waals surface area contributed by atoms with Crippen molar-refractivity contribution in [3.05, 3.63) is 0 Å². The van der Waals surface area contributed by atoms with Gasteiger partial charge in [0.2, 0.25) is 0 Å². The van der Waals surface area contributed by atoms with Crippen molar-refractivity contribution in [3.63, 3.8) is 0 Å². The highest BCUT2D eigenvalue weighted by atomic mass is 35.5. The van der Waals surface area contributed by atoms with Gasteiger partial charge in [-0.2, -0.15) is 17.0 Å². The predicted octanol–water partition coefficient (Wildman–Crippen LogP) is 0.187. The summed E-state index contributed by atoms with van der Waals surface area (Å²) in [6, 6.07) is -0.130. The van der Waals surface area contributed by atoms with E-state index < -0.39 is 10.2 Å². The molecule has 2 aliphatic rings. The number of nitrogens with two attached hydrogens (primary N) is 1. The summed E-state index contributed by atoms with van der Waals surface area (Å²) in [6.45, 7) is 2.15. The second-order valence-corrected chi connectivity index (χ2v) is 6.88. The molecule has 114 valence electrons. The first kappa shape index (κ1) is 17.1. The molecule has 19 heavy (non-hydrogen) atoms. The largest absolute Gasteiger partial charge is 0.381 e. The van der Waals surface area contributed by atoms with Gasteiger partial charge in [0, 0.05) is 39.3 Å². The van der Waals surface area contributed by atoms with Crippen LogP contribution >= 0.6 is 12.4 Å². The number of rotatable bonds is 4. The van der Waals surface area contributed by atoms with Gasteiger partial charge in [-0.05, 0) is 25.7 Å². The SMILES string of the molecule is COC1CCN(S(=O)(=O)N2CCCC2)C(CN)C1.Cl. The molecule has 2 unspecified atom stereocenters. The first-order valence-corrected chi connectivity index (χ1v) is 7.99. The lowest BCUT2D eigenvalue weighted by atomic mass is 10.0. The third-order valence-corrected chi connectivity index (χ3v) is 6.00. The second kappa shape index (κ2) is 7.19. The molecule has 0 saturated carbocycles. The van der Waals surface area contributed by atoms with E-state index in [1.165, 1.54) is 0 Å². The smallest absolute Gasteiger partial charge is 0.282 e. The van der Waals surface area contributed by atoms with Crippen molar-refractivity contribution >= 4 is 22.6 Å². The number of nitrogens with zero attached hydrogens (tertiary/aromatic N) is 2. The molecular weight excluding hydrogens is 290 g/mol. The van der Waals surface area contributed by atoms with E-state index in [0.717, 1.165) is 19.3 Å². The average Bonchev–Trinajstić information content (AvgIpc) is 2.92. The molecule has 0 radical (unpaired) electrons. The molecule has 6 nitrogen and oxygen atoms in total. The maximum Gasteiger partial charge on any atom is 0.282 e. The van der Waals surface area contributed by atoms with Gasteiger partial charge in [-0.3, -0.25) is 0 Å². The van der Waals surface area contributed by atoms with Crippen molar-refractivity contribution in [1.82, 2.24) is 8.61 Å². The van der Waals surface area contributed by atoms with Gasteiger partial charge in [0.05, 0.1) is 6.10 Å². The first-order chi connectivity index (χ1) is 8.59. The van der Waals surface area contributed by atoms with Gasteiger partial charge in [-0.25, -0.2) is 0 Å². The molecule has 0 spiro atoms. The Morgan fingerprint density at radius 2 is 1.89 bits per heavy atom. The Hall–Kier alpha value is 0.0800. The van der Waals surface area contributed by atoms with Crippen molar-refractivity contribution in [2.75, 3.05) is 33.3 Å². The molecule has 0 aromatic carbocycles. The van der Waals surface area contributed by atoms with Gasteiger partial charge in [0.15, 0.2) is 0 Å². The van der Waals surface area contributed by atoms with Crippen LogP contribution in [0.2, 0.25) is 0 Å². The van der Waals surface area contributed by atoms with Crippen molar-refractivity contribution in [2.24, 2.45) is 5.73 Å². The molecule has 0 aromatic rings. The van der Waals surface area contributed by atoms with E-state index in [-0.39, 0.29) is 24.6 Å². The van der Waals surface area contributed by atoms with Gasteiger partial charge in [-0.1, -0.05) is 0 Å². The van der Waals surface area contributed by atoms with Crippen LogP contribution in [0.3, 0.4) is 0 Å². The molecule has 0 bridgehead atoms. The van der Waals surface area contributed by atoms with Gasteiger partial charge in [0.25, 0.3) is 10.2 Å². The van der Waals surface area contributed by atoms with Crippen molar-refractivity contribution in [3.8, 4) is 0 Å². The van der Waals surface area contributed by atoms with Gasteiger partial charge < -0.3 is 10.5 Å². The molecule has 0 aliphatic carbocycles. The Balaban J connectivity index is 0.00000180. The standard InChI is InChI=1S/C11H23N3O3S.ClH/c1-17-11-4-7-14(10(8-11)9-12)18(15,16)13-5-2-3-6-13;/h10-11H,2-9,12H2,1H3;1H. The maximum absolute atomic E-state index is 12.5. The fraction of sp³-hybridized carbons (Fsp3) is 1.00. The minimum absolute atomic E-state index is 0. The lowest BCUT2D eigenvalue weighted by Crippen LogP contribution is -2.54. The van der Waals surface area contributed by atoms with E-state index in [1.54, 1.807) is 15.7 Å². The van der Waals surface area contributed by atoms with Crippen LogP contribution in [0.4, 0.5) is 0 Å². The lowest BCUT2D eigenvalue weighted by Gasteiger charge is -2.39. The number of methoxy groups -OCH3 is 1. The predicted molar refractivity (Wildman–Crippen MR) is 76.6 cm³/mol. The second-order valence-electron chi connectivity index (χ2n) is 5.00. The van der Waals surface area contributed by atoms with E-state index in [4.69, 9.17) is 10.5 Å². The normalized spacial score (nSPS) is 30.2. The molecular formula is C11H24ClN3O3S. The number of halogens is 1. The van der Waals surface area contributed by atoms with E-state index in [1.807, 2.05) is 0 Å². The molecule has 2 N–H and O–H groups in total. The number of ether oxygens (including phenoxy) is 1. The number of hydrogen-bond acceptors (Lipinski definition) is 4. The number of piperidine rings is 1. The summed E-state index contributed by atoms with van der Waals surface area (Å²) < 4.78 is 33.5. The molecule has 0 aromatic heterocycles. The maximum atomic E-state index is 12.5. The topological polar surface area (TPSA) is 75.9 Å². The first-order valence-electron chi connectivity index (χ1n) is 6.59. The minimum atomic E-state index is -3.32. The Morgan fingerprint density at radius 1 is 1.26 bits per heavy atom. The Kier molecular flexibility index (Phi) is 6.49. The van der Waals surface area contributed by atoms with E-state index >= 15 is 0 Å². The molecule has 2 fully saturated rings.